The van der Waals surface area contributed by atoms with Crippen LogP contribution < -0.4 is 0 Å². The van der Waals surface area contributed by atoms with Gasteiger partial charge in [-0.1, -0.05) is 36.4 Å². The van der Waals surface area contributed by atoms with Crippen LogP contribution in [0.5, 0.6) is 5.75 Å². The number of phenols is 1. The van der Waals surface area contributed by atoms with E-state index in [0.717, 1.165) is 32.3 Å². The van der Waals surface area contributed by atoms with Crippen molar-refractivity contribution < 1.29 is 10.0 Å². The number of hydrogen-bond acceptors (Lipinski definition) is 3. The molecule has 0 heterocycles. The van der Waals surface area contributed by atoms with Gasteiger partial charge in [0.05, 0.1) is 15.7 Å². The fourth-order valence-corrected chi connectivity index (χ4v) is 3.82. The predicted molar refractivity (Wildman–Crippen MR) is 96.0 cm³/mol. The van der Waals surface area contributed by atoms with E-state index in [4.69, 9.17) is 0 Å². The molecule has 0 saturated heterocycles. The Hall–Kier alpha value is -3.40. The first-order valence-corrected chi connectivity index (χ1v) is 7.62. The lowest BCUT2D eigenvalue weighted by atomic mass is 9.89. The molecule has 0 atom stereocenters. The molecule has 24 heavy (non-hydrogen) atoms. The van der Waals surface area contributed by atoms with Crippen LogP contribution in [0.4, 0.5) is 5.69 Å². The van der Waals surface area contributed by atoms with E-state index >= 15 is 0 Å². The van der Waals surface area contributed by atoms with Gasteiger partial charge in [0.15, 0.2) is 0 Å². The topological polar surface area (TPSA) is 63.4 Å². The van der Waals surface area contributed by atoms with Gasteiger partial charge in [-0.2, -0.15) is 0 Å². The number of hydrogen-bond donors (Lipinski definition) is 1. The van der Waals surface area contributed by atoms with E-state index in [0.29, 0.717) is 10.8 Å². The summed E-state index contributed by atoms with van der Waals surface area (Å²) in [6.45, 7) is 0. The van der Waals surface area contributed by atoms with Gasteiger partial charge in [0.2, 0.25) is 0 Å². The van der Waals surface area contributed by atoms with E-state index in [1.54, 1.807) is 24.3 Å². The van der Waals surface area contributed by atoms with Gasteiger partial charge in [-0.05, 0) is 40.4 Å². The lowest BCUT2D eigenvalue weighted by Crippen LogP contribution is -1.94. The Kier molecular flexibility index (Phi) is 2.36. The number of rotatable bonds is 1. The highest BCUT2D eigenvalue weighted by atomic mass is 16.6. The number of benzene rings is 5. The minimum atomic E-state index is -0.311. The van der Waals surface area contributed by atoms with E-state index in [9.17, 15) is 15.2 Å². The zero-order valence-corrected chi connectivity index (χ0v) is 12.5. The van der Waals surface area contributed by atoms with Crippen molar-refractivity contribution in [3.63, 3.8) is 0 Å². The van der Waals surface area contributed by atoms with Gasteiger partial charge in [0.1, 0.15) is 5.75 Å². The van der Waals surface area contributed by atoms with Gasteiger partial charge in [0, 0.05) is 16.2 Å². The van der Waals surface area contributed by atoms with E-state index in [1.807, 2.05) is 36.4 Å². The number of nitro benzene ring substituents is 1. The molecule has 0 bridgehead atoms. The highest BCUT2D eigenvalue weighted by Gasteiger charge is 2.22. The van der Waals surface area contributed by atoms with Gasteiger partial charge in [0.25, 0.3) is 5.69 Å². The van der Waals surface area contributed by atoms with Crippen LogP contribution >= 0.6 is 0 Å². The highest BCUT2D eigenvalue weighted by Crippen LogP contribution is 2.45. The molecule has 0 unspecified atom stereocenters. The van der Waals surface area contributed by atoms with E-state index in [2.05, 4.69) is 0 Å². The third-order valence-corrected chi connectivity index (χ3v) is 4.80. The predicted octanol–water partition coefficient (Wildman–Crippen LogP) is 5.35. The molecule has 5 rings (SSSR count). The molecule has 0 radical (unpaired) electrons. The lowest BCUT2D eigenvalue weighted by Gasteiger charge is -2.14. The van der Waals surface area contributed by atoms with Crippen molar-refractivity contribution in [1.29, 1.82) is 0 Å². The van der Waals surface area contributed by atoms with Crippen molar-refractivity contribution in [1.82, 2.24) is 0 Å². The average molecular weight is 313 g/mol. The molecule has 0 spiro atoms. The first-order chi connectivity index (χ1) is 11.7. The summed E-state index contributed by atoms with van der Waals surface area (Å²) in [6, 6.07) is 18.4. The summed E-state index contributed by atoms with van der Waals surface area (Å²) in [5.41, 5.74) is 0.121. The summed E-state index contributed by atoms with van der Waals surface area (Å²) < 4.78 is 0. The molecule has 5 aromatic rings. The molecule has 0 aromatic heterocycles. The Morgan fingerprint density at radius 2 is 1.38 bits per heavy atom. The van der Waals surface area contributed by atoms with Gasteiger partial charge in [-0.3, -0.25) is 10.1 Å². The Morgan fingerprint density at radius 3 is 2.17 bits per heavy atom. The van der Waals surface area contributed by atoms with E-state index in [-0.39, 0.29) is 16.4 Å². The van der Waals surface area contributed by atoms with Gasteiger partial charge in [-0.25, -0.2) is 0 Å². The normalized spacial score (nSPS) is 11.8. The van der Waals surface area contributed by atoms with Crippen LogP contribution in [0.1, 0.15) is 0 Å². The molecule has 114 valence electrons. The van der Waals surface area contributed by atoms with Gasteiger partial charge < -0.3 is 5.11 Å². The monoisotopic (exact) mass is 313 g/mol. The third kappa shape index (κ3) is 1.47. The van der Waals surface area contributed by atoms with Crippen LogP contribution in [0.2, 0.25) is 0 Å². The smallest absolute Gasteiger partial charge is 0.285 e. The molecule has 1 N–H and O–H groups in total. The van der Waals surface area contributed by atoms with E-state index in [1.165, 1.54) is 0 Å². The second-order valence-electron chi connectivity index (χ2n) is 5.98. The van der Waals surface area contributed by atoms with Gasteiger partial charge in [-0.15, -0.1) is 0 Å². The molecule has 0 aliphatic heterocycles. The van der Waals surface area contributed by atoms with Crippen molar-refractivity contribution in [3.05, 3.63) is 70.8 Å². The third-order valence-electron chi connectivity index (χ3n) is 4.80. The lowest BCUT2D eigenvalue weighted by molar-refractivity contribution is -0.381. The maximum atomic E-state index is 11.8. The molecule has 0 aliphatic carbocycles. The Labute approximate surface area is 136 Å². The first kappa shape index (κ1) is 13.1. The molecule has 0 saturated carbocycles. The second kappa shape index (κ2) is 4.32. The molecular formula is C20H11NO3. The molecule has 5 aromatic carbocycles. The maximum Gasteiger partial charge on any atom is 0.285 e. The van der Waals surface area contributed by atoms with Crippen LogP contribution in [-0.2, 0) is 0 Å². The minimum Gasteiger partial charge on any atom is -0.507 e. The van der Waals surface area contributed by atoms with Crippen molar-refractivity contribution in [3.8, 4) is 5.75 Å². The standard InChI is InChI=1S/C20H11NO3/c22-17-10-6-11-5-7-13-12-3-1-2-4-14(12)20(21(23)24)16-9-8-15(17)18(11)19(13)16/h1-10,22H. The quantitative estimate of drug-likeness (QED) is 0.196. The number of nitro groups is 1. The van der Waals surface area contributed by atoms with Crippen LogP contribution in [-0.4, -0.2) is 10.0 Å². The number of phenolic OH excluding ortho intramolecular Hbond substituents is 1. The summed E-state index contributed by atoms with van der Waals surface area (Å²) in [4.78, 5) is 11.5. The largest absolute Gasteiger partial charge is 0.507 e. The fraction of sp³-hybridized carbons (Fsp3) is 0. The zero-order valence-electron chi connectivity index (χ0n) is 12.5. The average Bonchev–Trinajstić information content (AvgIpc) is 2.60. The molecule has 4 nitrogen and oxygen atoms in total. The molecule has 0 aliphatic rings. The number of aromatic hydroxyl groups is 1. The molecule has 0 fully saturated rings. The number of nitrogens with zero attached hydrogens (tertiary/aromatic N) is 1. The minimum absolute atomic E-state index is 0.121. The van der Waals surface area contributed by atoms with Crippen molar-refractivity contribution in [2.75, 3.05) is 0 Å². The Morgan fingerprint density at radius 1 is 0.708 bits per heavy atom. The molecular weight excluding hydrogens is 302 g/mol. The SMILES string of the molecule is O=[N+]([O-])c1c2ccccc2c2ccc3ccc(O)c4ccc1c2c34. The van der Waals surface area contributed by atoms with Crippen LogP contribution in [0.3, 0.4) is 0 Å². The van der Waals surface area contributed by atoms with Crippen molar-refractivity contribution >= 4 is 48.8 Å². The highest BCUT2D eigenvalue weighted by molar-refractivity contribution is 6.32. The number of fused-ring (bicyclic) bond motifs is 2. The molecule has 4 heteroatoms. The summed E-state index contributed by atoms with van der Waals surface area (Å²) in [5.74, 6) is 0.188. The summed E-state index contributed by atoms with van der Waals surface area (Å²) >= 11 is 0. The Balaban J connectivity index is 2.23. The van der Waals surface area contributed by atoms with Crippen molar-refractivity contribution in [2.45, 2.75) is 0 Å². The van der Waals surface area contributed by atoms with Crippen LogP contribution in [0.15, 0.2) is 60.7 Å². The van der Waals surface area contributed by atoms with Gasteiger partial charge >= 0.3 is 0 Å². The second-order valence-corrected chi connectivity index (χ2v) is 5.98. The van der Waals surface area contributed by atoms with Crippen LogP contribution in [0, 0.1) is 10.1 Å². The summed E-state index contributed by atoms with van der Waals surface area (Å²) in [7, 11) is 0. The van der Waals surface area contributed by atoms with E-state index < -0.39 is 0 Å². The first-order valence-electron chi connectivity index (χ1n) is 7.62. The fourth-order valence-electron chi connectivity index (χ4n) is 3.82. The molecule has 0 amide bonds. The summed E-state index contributed by atoms with van der Waals surface area (Å²) in [6.07, 6.45) is 0. The summed E-state index contributed by atoms with van der Waals surface area (Å²) in [5, 5.41) is 28.5. The maximum absolute atomic E-state index is 11.8. The number of non-ortho nitro benzene ring substituents is 1. The van der Waals surface area contributed by atoms with Crippen molar-refractivity contribution in [2.24, 2.45) is 0 Å². The Bertz CT molecular complexity index is 1290. The van der Waals surface area contributed by atoms with Crippen LogP contribution in [0.25, 0.3) is 43.1 Å². The zero-order chi connectivity index (χ0) is 16.4.